The molecule has 2 rings (SSSR count). The smallest absolute Gasteiger partial charge is 0.157 e. The number of Topliss-reactive ketones (excluding diaryl/α,β-unsaturated/α-hetero) is 1. The van der Waals surface area contributed by atoms with Gasteiger partial charge in [0.2, 0.25) is 0 Å². The zero-order valence-corrected chi connectivity index (χ0v) is 11.7. The lowest BCUT2D eigenvalue weighted by Crippen LogP contribution is -2.43. The van der Waals surface area contributed by atoms with Gasteiger partial charge in [0.25, 0.3) is 0 Å². The number of fused-ring (bicyclic) bond motifs is 2. The van der Waals surface area contributed by atoms with Gasteiger partial charge in [0.15, 0.2) is 5.78 Å². The van der Waals surface area contributed by atoms with Crippen molar-refractivity contribution in [3.63, 3.8) is 0 Å². The lowest BCUT2D eigenvalue weighted by molar-refractivity contribution is -0.119. The number of nitrogens with one attached hydrogen (secondary N) is 1. The summed E-state index contributed by atoms with van der Waals surface area (Å²) in [5.41, 5.74) is 0. The first-order valence-electron chi connectivity index (χ1n) is 6.37. The van der Waals surface area contributed by atoms with Crippen LogP contribution in [0, 0.1) is 5.92 Å². The van der Waals surface area contributed by atoms with E-state index in [0.29, 0.717) is 17.9 Å². The molecule has 90 valence electrons. The lowest BCUT2D eigenvalue weighted by Gasteiger charge is -2.30. The summed E-state index contributed by atoms with van der Waals surface area (Å²) in [5.74, 6) is 0.635. The molecule has 0 radical (unpaired) electrons. The second kappa shape index (κ2) is 4.11. The van der Waals surface area contributed by atoms with Crippen molar-refractivity contribution in [1.82, 2.24) is 5.32 Å². The highest BCUT2D eigenvalue weighted by molar-refractivity contribution is 6.87. The molecule has 2 saturated heterocycles. The van der Waals surface area contributed by atoms with E-state index in [2.05, 4.69) is 31.5 Å². The molecule has 1 N–H and O–H groups in total. The van der Waals surface area contributed by atoms with Crippen LogP contribution in [-0.4, -0.2) is 25.9 Å². The van der Waals surface area contributed by atoms with Gasteiger partial charge in [-0.2, -0.15) is 0 Å². The Balaban J connectivity index is 2.03. The summed E-state index contributed by atoms with van der Waals surface area (Å²) < 4.78 is 0. The highest BCUT2D eigenvalue weighted by Crippen LogP contribution is 2.33. The summed E-state index contributed by atoms with van der Waals surface area (Å²) in [5, 5.41) is 4.53. The Bertz CT molecular complexity index is 306. The number of carbonyl (C=O) groups is 1. The summed E-state index contributed by atoms with van der Waals surface area (Å²) in [6.45, 7) is 10.7. The average Bonchev–Trinajstić information content (AvgIpc) is 2.54. The molecule has 2 unspecified atom stereocenters. The third kappa shape index (κ3) is 2.30. The molecule has 2 aliphatic rings. The summed E-state index contributed by atoms with van der Waals surface area (Å²) in [6.07, 6.45) is 4.60. The Labute approximate surface area is 99.5 Å². The number of hydrogen-bond acceptors (Lipinski definition) is 2. The van der Waals surface area contributed by atoms with Gasteiger partial charge in [-0.3, -0.25) is 4.79 Å². The van der Waals surface area contributed by atoms with Crippen LogP contribution >= 0.6 is 0 Å². The molecule has 3 heteroatoms. The fourth-order valence-electron chi connectivity index (χ4n) is 2.89. The van der Waals surface area contributed by atoms with E-state index in [9.17, 15) is 4.79 Å². The Morgan fingerprint density at radius 2 is 1.69 bits per heavy atom. The highest BCUT2D eigenvalue weighted by Gasteiger charge is 2.38. The molecular weight excluding hydrogens is 214 g/mol. The summed E-state index contributed by atoms with van der Waals surface area (Å²) in [7, 11) is -1.50. The number of rotatable bonds is 3. The number of piperidine rings is 1. The molecule has 2 heterocycles. The van der Waals surface area contributed by atoms with Gasteiger partial charge in [-0.1, -0.05) is 26.2 Å². The number of carbonyl (C=O) groups excluding carboxylic acids is 1. The number of allylic oxidation sites excluding steroid dienone is 1. The second-order valence-electron chi connectivity index (χ2n) is 6.40. The monoisotopic (exact) mass is 237 g/mol. The lowest BCUT2D eigenvalue weighted by atomic mass is 9.89. The van der Waals surface area contributed by atoms with Crippen molar-refractivity contribution in [2.75, 3.05) is 0 Å². The van der Waals surface area contributed by atoms with E-state index < -0.39 is 8.07 Å². The van der Waals surface area contributed by atoms with Gasteiger partial charge in [-0.15, -0.1) is 0 Å². The topological polar surface area (TPSA) is 29.1 Å². The Morgan fingerprint density at radius 3 is 2.12 bits per heavy atom. The Hall–Kier alpha value is -0.413. The quantitative estimate of drug-likeness (QED) is 0.604. The van der Waals surface area contributed by atoms with Crippen molar-refractivity contribution in [2.45, 2.75) is 57.4 Å². The highest BCUT2D eigenvalue weighted by atomic mass is 28.3. The minimum Gasteiger partial charge on any atom is -0.311 e. The van der Waals surface area contributed by atoms with Crippen molar-refractivity contribution < 1.29 is 4.79 Å². The van der Waals surface area contributed by atoms with Crippen LogP contribution in [0.4, 0.5) is 0 Å². The summed E-state index contributed by atoms with van der Waals surface area (Å²) in [4.78, 5) is 12.4. The predicted octanol–water partition coefficient (Wildman–Crippen LogP) is 2.52. The molecule has 2 atom stereocenters. The van der Waals surface area contributed by atoms with E-state index in [1.165, 1.54) is 12.8 Å². The molecule has 0 aromatic rings. The van der Waals surface area contributed by atoms with Gasteiger partial charge >= 0.3 is 0 Å². The molecule has 0 saturated carbocycles. The maximum absolute atomic E-state index is 12.4. The summed E-state index contributed by atoms with van der Waals surface area (Å²) in [6, 6.07) is 1.20. The molecule has 2 aliphatic heterocycles. The van der Waals surface area contributed by atoms with E-state index in [0.717, 1.165) is 18.0 Å². The normalized spacial score (nSPS) is 33.8. The van der Waals surface area contributed by atoms with Gasteiger partial charge in [-0.25, -0.2) is 0 Å². The standard InChI is InChI=1S/C13H23NOSi/c1-9(16(2,3)4)13(15)10-7-11-5-6-12(8-10)14-11/h10-12,14H,1,5-8H2,2-4H3. The number of ketones is 1. The van der Waals surface area contributed by atoms with Gasteiger partial charge in [0, 0.05) is 18.0 Å². The minimum absolute atomic E-state index is 0.262. The third-order valence-electron chi connectivity index (χ3n) is 4.05. The van der Waals surface area contributed by atoms with Crippen molar-refractivity contribution >= 4 is 13.9 Å². The first-order valence-corrected chi connectivity index (χ1v) is 9.87. The molecule has 0 aromatic heterocycles. The molecular formula is C13H23NOSi. The number of hydrogen-bond donors (Lipinski definition) is 1. The van der Waals surface area contributed by atoms with Crippen LogP contribution in [0.5, 0.6) is 0 Å². The van der Waals surface area contributed by atoms with Gasteiger partial charge in [0.05, 0.1) is 8.07 Å². The fourth-order valence-corrected chi connectivity index (χ4v) is 3.83. The Kier molecular flexibility index (Phi) is 3.10. The maximum Gasteiger partial charge on any atom is 0.157 e. The van der Waals surface area contributed by atoms with Crippen LogP contribution in [0.15, 0.2) is 11.8 Å². The van der Waals surface area contributed by atoms with Crippen LogP contribution in [0.3, 0.4) is 0 Å². The first kappa shape index (κ1) is 12.1. The van der Waals surface area contributed by atoms with Crippen molar-refractivity contribution in [3.8, 4) is 0 Å². The fraction of sp³-hybridized carbons (Fsp3) is 0.769. The van der Waals surface area contributed by atoms with Crippen LogP contribution in [0.25, 0.3) is 0 Å². The van der Waals surface area contributed by atoms with Crippen LogP contribution in [0.1, 0.15) is 25.7 Å². The van der Waals surface area contributed by atoms with Gasteiger partial charge in [-0.05, 0) is 30.9 Å². The Morgan fingerprint density at radius 1 is 1.19 bits per heavy atom. The van der Waals surface area contributed by atoms with E-state index >= 15 is 0 Å². The van der Waals surface area contributed by atoms with Crippen molar-refractivity contribution in [3.05, 3.63) is 11.8 Å². The minimum atomic E-state index is -1.50. The molecule has 0 aliphatic carbocycles. The van der Waals surface area contributed by atoms with E-state index in [1.807, 2.05) is 0 Å². The molecule has 2 bridgehead atoms. The SMILES string of the molecule is C=C(C(=O)C1CC2CCC(C1)N2)[Si](C)(C)C. The van der Waals surface area contributed by atoms with E-state index in [-0.39, 0.29) is 5.92 Å². The van der Waals surface area contributed by atoms with Crippen LogP contribution in [0.2, 0.25) is 19.6 Å². The first-order chi connectivity index (χ1) is 7.38. The molecule has 0 spiro atoms. The molecule has 16 heavy (non-hydrogen) atoms. The molecule has 2 fully saturated rings. The predicted molar refractivity (Wildman–Crippen MR) is 70.2 cm³/mol. The molecule has 2 nitrogen and oxygen atoms in total. The van der Waals surface area contributed by atoms with Gasteiger partial charge < -0.3 is 5.32 Å². The zero-order valence-electron chi connectivity index (χ0n) is 10.7. The molecule has 0 amide bonds. The average molecular weight is 237 g/mol. The van der Waals surface area contributed by atoms with Crippen LogP contribution < -0.4 is 5.32 Å². The van der Waals surface area contributed by atoms with Crippen molar-refractivity contribution in [1.29, 1.82) is 0 Å². The largest absolute Gasteiger partial charge is 0.311 e. The zero-order chi connectivity index (χ0) is 11.9. The third-order valence-corrected chi connectivity index (χ3v) is 6.10. The van der Waals surface area contributed by atoms with Gasteiger partial charge in [0.1, 0.15) is 0 Å². The van der Waals surface area contributed by atoms with E-state index in [1.54, 1.807) is 0 Å². The van der Waals surface area contributed by atoms with Crippen LogP contribution in [-0.2, 0) is 4.79 Å². The maximum atomic E-state index is 12.4. The second-order valence-corrected chi connectivity index (χ2v) is 11.5. The summed E-state index contributed by atoms with van der Waals surface area (Å²) >= 11 is 0. The van der Waals surface area contributed by atoms with Crippen molar-refractivity contribution in [2.24, 2.45) is 5.92 Å². The molecule has 0 aromatic carbocycles. The van der Waals surface area contributed by atoms with E-state index in [4.69, 9.17) is 0 Å².